The molecular formula is C11H5BrClN2. The van der Waals surface area contributed by atoms with Crippen LogP contribution in [0.25, 0.3) is 21.9 Å². The fraction of sp³-hybridized carbons (Fsp3) is 0. The molecule has 73 valence electrons. The third kappa shape index (κ3) is 1.43. The molecule has 0 atom stereocenters. The number of hydrogen-bond donors (Lipinski definition) is 1. The van der Waals surface area contributed by atoms with E-state index in [-0.39, 0.29) is 0 Å². The normalized spacial score (nSPS) is 11.3. The molecule has 4 heteroatoms. The first-order valence-corrected chi connectivity index (χ1v) is 5.55. The number of rotatable bonds is 0. The van der Waals surface area contributed by atoms with E-state index in [2.05, 4.69) is 32.0 Å². The summed E-state index contributed by atoms with van der Waals surface area (Å²) in [4.78, 5) is 7.47. The quantitative estimate of drug-likeness (QED) is 0.664. The van der Waals surface area contributed by atoms with Crippen LogP contribution in [-0.4, -0.2) is 9.97 Å². The third-order valence-electron chi connectivity index (χ3n) is 2.29. The van der Waals surface area contributed by atoms with E-state index in [9.17, 15) is 0 Å². The molecule has 2 aromatic heterocycles. The van der Waals surface area contributed by atoms with Crippen LogP contribution in [-0.2, 0) is 0 Å². The first-order valence-electron chi connectivity index (χ1n) is 4.38. The number of nitrogens with one attached hydrogen (secondary N) is 1. The summed E-state index contributed by atoms with van der Waals surface area (Å²) in [7, 11) is 0. The Hall–Kier alpha value is -1.06. The van der Waals surface area contributed by atoms with E-state index < -0.39 is 0 Å². The largest absolute Gasteiger partial charge is 0.339 e. The maximum absolute atomic E-state index is 5.94. The number of aromatic nitrogens is 2. The average Bonchev–Trinajstić information content (AvgIpc) is 2.56. The smallest absolute Gasteiger partial charge is 0.138 e. The fourth-order valence-corrected chi connectivity index (χ4v) is 2.14. The van der Waals surface area contributed by atoms with Crippen molar-refractivity contribution in [2.45, 2.75) is 0 Å². The van der Waals surface area contributed by atoms with Crippen LogP contribution in [0.5, 0.6) is 0 Å². The van der Waals surface area contributed by atoms with Crippen molar-refractivity contribution >= 4 is 49.5 Å². The predicted molar refractivity (Wildman–Crippen MR) is 65.1 cm³/mol. The Labute approximate surface area is 99.4 Å². The molecule has 0 saturated heterocycles. The summed E-state index contributed by atoms with van der Waals surface area (Å²) in [5.41, 5.74) is 1.78. The minimum absolute atomic E-state index is 0.684. The Bertz CT molecular complexity index is 604. The van der Waals surface area contributed by atoms with Gasteiger partial charge in [0.1, 0.15) is 5.65 Å². The second-order valence-corrected chi connectivity index (χ2v) is 4.63. The molecule has 3 rings (SSSR count). The third-order valence-corrected chi connectivity index (χ3v) is 2.95. The van der Waals surface area contributed by atoms with Crippen LogP contribution in [0.15, 0.2) is 28.9 Å². The Kier molecular flexibility index (Phi) is 1.97. The molecule has 0 amide bonds. The predicted octanol–water partition coefficient (Wildman–Crippen LogP) is 3.93. The molecule has 0 spiro atoms. The van der Waals surface area contributed by atoms with Crippen LogP contribution in [0.2, 0.25) is 5.02 Å². The van der Waals surface area contributed by atoms with Gasteiger partial charge in [-0.25, -0.2) is 4.98 Å². The van der Waals surface area contributed by atoms with Gasteiger partial charge in [-0.05, 0) is 34.1 Å². The maximum Gasteiger partial charge on any atom is 0.138 e. The molecule has 0 unspecified atom stereocenters. The molecule has 3 aromatic rings. The van der Waals surface area contributed by atoms with Crippen LogP contribution in [0.3, 0.4) is 0 Å². The summed E-state index contributed by atoms with van der Waals surface area (Å²) >= 11 is 9.34. The van der Waals surface area contributed by atoms with Gasteiger partial charge in [0.15, 0.2) is 0 Å². The van der Waals surface area contributed by atoms with Crippen molar-refractivity contribution in [3.63, 3.8) is 0 Å². The molecule has 2 heterocycles. The lowest BCUT2D eigenvalue weighted by atomic mass is 10.2. The van der Waals surface area contributed by atoms with E-state index in [1.54, 1.807) is 12.3 Å². The number of nitrogens with zero attached hydrogens (tertiary/aromatic N) is 1. The molecule has 1 aromatic carbocycles. The van der Waals surface area contributed by atoms with E-state index in [4.69, 9.17) is 11.6 Å². The number of fused-ring (bicyclic) bond motifs is 3. The van der Waals surface area contributed by atoms with Crippen LogP contribution in [0, 0.1) is 6.07 Å². The summed E-state index contributed by atoms with van der Waals surface area (Å²) in [5, 5.41) is 2.79. The number of hydrogen-bond acceptors (Lipinski definition) is 1. The molecule has 1 radical (unpaired) electrons. The van der Waals surface area contributed by atoms with Gasteiger partial charge in [0.05, 0.1) is 5.52 Å². The summed E-state index contributed by atoms with van der Waals surface area (Å²) in [6.07, 6.45) is 1.76. The first kappa shape index (κ1) is 9.19. The number of benzene rings is 1. The topological polar surface area (TPSA) is 28.7 Å². The summed E-state index contributed by atoms with van der Waals surface area (Å²) < 4.78 is 0.955. The highest BCUT2D eigenvalue weighted by atomic mass is 79.9. The number of aromatic amines is 1. The van der Waals surface area contributed by atoms with Gasteiger partial charge >= 0.3 is 0 Å². The highest BCUT2D eigenvalue weighted by Crippen LogP contribution is 2.27. The molecule has 0 aliphatic heterocycles. The Morgan fingerprint density at radius 3 is 3.07 bits per heavy atom. The molecule has 0 aliphatic carbocycles. The molecule has 1 N–H and O–H groups in total. The molecular weight excluding hydrogens is 275 g/mol. The summed E-state index contributed by atoms with van der Waals surface area (Å²) in [6, 6.07) is 8.77. The zero-order valence-corrected chi connectivity index (χ0v) is 9.85. The van der Waals surface area contributed by atoms with Crippen molar-refractivity contribution in [2.75, 3.05) is 0 Å². The van der Waals surface area contributed by atoms with E-state index in [0.29, 0.717) is 5.02 Å². The number of H-pyrrole nitrogens is 1. The highest BCUT2D eigenvalue weighted by Gasteiger charge is 2.05. The van der Waals surface area contributed by atoms with E-state index in [0.717, 1.165) is 26.4 Å². The van der Waals surface area contributed by atoms with Gasteiger partial charge in [0.25, 0.3) is 0 Å². The lowest BCUT2D eigenvalue weighted by Gasteiger charge is -1.92. The van der Waals surface area contributed by atoms with Gasteiger partial charge in [-0.3, -0.25) is 0 Å². The zero-order chi connectivity index (χ0) is 10.4. The minimum Gasteiger partial charge on any atom is -0.339 e. The van der Waals surface area contributed by atoms with Crippen LogP contribution in [0.4, 0.5) is 0 Å². The summed E-state index contributed by atoms with van der Waals surface area (Å²) in [5.74, 6) is 0. The van der Waals surface area contributed by atoms with Crippen molar-refractivity contribution in [2.24, 2.45) is 0 Å². The second-order valence-electron chi connectivity index (χ2n) is 3.28. The maximum atomic E-state index is 5.94. The highest BCUT2D eigenvalue weighted by molar-refractivity contribution is 9.10. The van der Waals surface area contributed by atoms with Gasteiger partial charge in [0.2, 0.25) is 0 Å². The standard InChI is InChI=1S/C11H5BrClN2/c12-6-3-9-8-4-7(13)1-2-10(8)15-11(9)14-5-6/h1,3-5H,(H,14,15). The Balaban J connectivity index is 2.55. The summed E-state index contributed by atoms with van der Waals surface area (Å²) in [6.45, 7) is 0. The van der Waals surface area contributed by atoms with Crippen molar-refractivity contribution in [1.82, 2.24) is 9.97 Å². The van der Waals surface area contributed by atoms with Gasteiger partial charge in [-0.1, -0.05) is 11.6 Å². The number of pyridine rings is 1. The number of halogens is 2. The average molecular weight is 281 g/mol. The minimum atomic E-state index is 0.684. The first-order chi connectivity index (χ1) is 7.24. The van der Waals surface area contributed by atoms with Crippen LogP contribution >= 0.6 is 27.5 Å². The van der Waals surface area contributed by atoms with Gasteiger partial charge in [-0.2, -0.15) is 0 Å². The van der Waals surface area contributed by atoms with E-state index in [1.165, 1.54) is 0 Å². The molecule has 2 nitrogen and oxygen atoms in total. The van der Waals surface area contributed by atoms with Crippen molar-refractivity contribution < 1.29 is 0 Å². The molecule has 0 bridgehead atoms. The molecule has 0 aliphatic rings. The Morgan fingerprint density at radius 2 is 2.20 bits per heavy atom. The van der Waals surface area contributed by atoms with Gasteiger partial charge < -0.3 is 4.98 Å². The zero-order valence-electron chi connectivity index (χ0n) is 7.51. The van der Waals surface area contributed by atoms with Crippen LogP contribution in [0.1, 0.15) is 0 Å². The fourth-order valence-electron chi connectivity index (χ4n) is 1.65. The lowest BCUT2D eigenvalue weighted by molar-refractivity contribution is 1.33. The van der Waals surface area contributed by atoms with Crippen molar-refractivity contribution in [1.29, 1.82) is 0 Å². The van der Waals surface area contributed by atoms with Gasteiger partial charge in [-0.15, -0.1) is 0 Å². The SMILES string of the molecule is Clc1c[c]c2[nH]c3ncc(Br)cc3c2c1. The van der Waals surface area contributed by atoms with Gasteiger partial charge in [0, 0.05) is 32.5 Å². The van der Waals surface area contributed by atoms with Crippen molar-refractivity contribution in [3.8, 4) is 0 Å². The van der Waals surface area contributed by atoms with E-state index in [1.807, 2.05) is 12.1 Å². The van der Waals surface area contributed by atoms with Crippen molar-refractivity contribution in [3.05, 3.63) is 40.0 Å². The monoisotopic (exact) mass is 279 g/mol. The molecule has 0 saturated carbocycles. The Morgan fingerprint density at radius 1 is 1.33 bits per heavy atom. The van der Waals surface area contributed by atoms with Crippen LogP contribution < -0.4 is 0 Å². The van der Waals surface area contributed by atoms with E-state index >= 15 is 0 Å². The lowest BCUT2D eigenvalue weighted by Crippen LogP contribution is -1.74. The molecule has 0 fully saturated rings. The molecule has 15 heavy (non-hydrogen) atoms. The second kappa shape index (κ2) is 3.22.